The predicted molar refractivity (Wildman–Crippen MR) is 541 cm³/mol. The Balaban J connectivity index is 0.000000132. The predicted octanol–water partition coefficient (Wildman–Crippen LogP) is 29.9. The van der Waals surface area contributed by atoms with Crippen molar-refractivity contribution < 1.29 is 0 Å². The van der Waals surface area contributed by atoms with E-state index in [1.54, 1.807) is 0 Å². The highest BCUT2D eigenvalue weighted by molar-refractivity contribution is 5.77. The van der Waals surface area contributed by atoms with Crippen molar-refractivity contribution in [1.82, 2.24) is 59.8 Å². The first-order valence-electron chi connectivity index (χ1n) is 44.5. The largest absolute Gasteiger partial charge is 0.208 e. The van der Waals surface area contributed by atoms with Gasteiger partial charge in [-0.3, -0.25) is 0 Å². The number of aromatic nitrogens is 12. The fourth-order valence-corrected chi connectivity index (χ4v) is 14.8. The van der Waals surface area contributed by atoms with Crippen molar-refractivity contribution >= 4 is 0 Å². The van der Waals surface area contributed by atoms with E-state index >= 15 is 0 Å². The Morgan fingerprint density at radius 3 is 0.351 bits per heavy atom. The van der Waals surface area contributed by atoms with Crippen LogP contribution in [0.2, 0.25) is 0 Å². The first-order chi connectivity index (χ1) is 63.2. The van der Waals surface area contributed by atoms with Gasteiger partial charge in [-0.15, -0.1) is 0 Å². The van der Waals surface area contributed by atoms with Crippen molar-refractivity contribution in [3.8, 4) is 170 Å². The summed E-state index contributed by atoms with van der Waals surface area (Å²) in [6.07, 6.45) is 0. The van der Waals surface area contributed by atoms with Gasteiger partial charge in [-0.05, 0) is 118 Å². The zero-order chi connectivity index (χ0) is 91.3. The summed E-state index contributed by atoms with van der Waals surface area (Å²) in [5, 5.41) is 0. The Morgan fingerprint density at radius 1 is 0.115 bits per heavy atom. The lowest BCUT2D eigenvalue weighted by Gasteiger charge is -2.19. The molecule has 0 fully saturated rings. The third-order valence-electron chi connectivity index (χ3n) is 23.0. The van der Waals surface area contributed by atoms with Crippen LogP contribution < -0.4 is 0 Å². The van der Waals surface area contributed by atoms with E-state index < -0.39 is 0 Å². The first-order valence-corrected chi connectivity index (χ1v) is 44.5. The second kappa shape index (κ2) is 39.7. The lowest BCUT2D eigenvalue weighted by Crippen LogP contribution is -2.10. The van der Waals surface area contributed by atoms with Crippen molar-refractivity contribution in [2.45, 2.75) is 115 Å². The Bertz CT molecular complexity index is 6690. The van der Waals surface area contributed by atoms with Crippen molar-refractivity contribution in [3.63, 3.8) is 0 Å². The molecule has 0 aliphatic heterocycles. The van der Waals surface area contributed by atoms with Crippen molar-refractivity contribution in [2.75, 3.05) is 0 Å². The minimum Gasteiger partial charge on any atom is -0.208 e. The van der Waals surface area contributed by atoms with Crippen LogP contribution in [0.15, 0.2) is 370 Å². The van der Waals surface area contributed by atoms with Crippen LogP contribution in [0.4, 0.5) is 0 Å². The molecule has 0 aliphatic rings. The van der Waals surface area contributed by atoms with Gasteiger partial charge in [-0.2, -0.15) is 0 Å². The van der Waals surface area contributed by atoms with Crippen molar-refractivity contribution in [1.29, 1.82) is 0 Å². The Morgan fingerprint density at radius 2 is 0.214 bits per heavy atom. The van der Waals surface area contributed by atoms with Crippen molar-refractivity contribution in [3.05, 3.63) is 431 Å². The molecule has 4 aromatic heterocycles. The zero-order valence-corrected chi connectivity index (χ0v) is 77.1. The lowest BCUT2D eigenvalue weighted by molar-refractivity contribution is 0.590. The van der Waals surface area contributed by atoms with E-state index in [2.05, 4.69) is 444 Å². The van der Waals surface area contributed by atoms with Gasteiger partial charge in [-0.25, -0.2) is 59.8 Å². The summed E-state index contributed by atoms with van der Waals surface area (Å²) < 4.78 is 0. The smallest absolute Gasteiger partial charge is 0.164 e. The van der Waals surface area contributed by atoms with Crippen LogP contribution in [0.1, 0.15) is 103 Å². The number of benzene rings is 15. The fourth-order valence-electron chi connectivity index (χ4n) is 14.8. The van der Waals surface area contributed by atoms with Crippen LogP contribution in [-0.2, 0) is 10.8 Å². The van der Waals surface area contributed by atoms with E-state index in [0.717, 1.165) is 83.5 Å². The number of rotatable bonds is 15. The molecule has 642 valence electrons. The summed E-state index contributed by atoms with van der Waals surface area (Å²) >= 11 is 0. The van der Waals surface area contributed by atoms with E-state index in [0.29, 0.717) is 69.9 Å². The molecule has 4 heterocycles. The molecule has 19 aromatic rings. The minimum absolute atomic E-state index is 0.109. The quantitative estimate of drug-likeness (QED) is 0.0959. The molecular formula is C119H106N12. The van der Waals surface area contributed by atoms with Gasteiger partial charge in [-0.1, -0.05) is 462 Å². The zero-order valence-electron chi connectivity index (χ0n) is 77.1. The summed E-state index contributed by atoms with van der Waals surface area (Å²) in [7, 11) is 0. The molecule has 0 N–H and O–H groups in total. The molecule has 0 aliphatic carbocycles. The topological polar surface area (TPSA) is 155 Å². The van der Waals surface area contributed by atoms with E-state index in [-0.39, 0.29) is 10.8 Å². The normalized spacial score (nSPS) is 11.2. The molecule has 15 aromatic carbocycles. The van der Waals surface area contributed by atoms with Crippen LogP contribution in [0.25, 0.3) is 170 Å². The highest BCUT2D eigenvalue weighted by atomic mass is 15.1. The molecule has 12 heteroatoms. The summed E-state index contributed by atoms with van der Waals surface area (Å²) in [5.74, 6) is 8.15. The molecule has 0 amide bonds. The highest BCUT2D eigenvalue weighted by Gasteiger charge is 2.21. The lowest BCUT2D eigenvalue weighted by atomic mass is 9.86. The maximum absolute atomic E-state index is 5.01. The van der Waals surface area contributed by atoms with E-state index in [4.69, 9.17) is 59.8 Å². The Hall–Kier alpha value is -15.7. The average Bonchev–Trinajstić information content (AvgIpc) is 0.797. The van der Waals surface area contributed by atoms with Crippen LogP contribution in [-0.4, -0.2) is 59.8 Å². The number of aryl methyl sites for hydroxylation is 9. The van der Waals surface area contributed by atoms with Crippen LogP contribution in [0, 0.1) is 62.3 Å². The molecule has 12 nitrogen and oxygen atoms in total. The summed E-state index contributed by atoms with van der Waals surface area (Å²) in [4.78, 5) is 57.9. The van der Waals surface area contributed by atoms with Crippen LogP contribution in [0.5, 0.6) is 0 Å². The van der Waals surface area contributed by atoms with Gasteiger partial charge in [0.15, 0.2) is 69.9 Å². The van der Waals surface area contributed by atoms with Gasteiger partial charge in [0.05, 0.1) is 0 Å². The molecule has 0 unspecified atom stereocenters. The van der Waals surface area contributed by atoms with Gasteiger partial charge in [0.25, 0.3) is 0 Å². The molecule has 0 saturated carbocycles. The van der Waals surface area contributed by atoms with E-state index in [9.17, 15) is 0 Å². The van der Waals surface area contributed by atoms with Crippen molar-refractivity contribution in [2.24, 2.45) is 0 Å². The molecule has 0 radical (unpaired) electrons. The van der Waals surface area contributed by atoms with Gasteiger partial charge in [0.1, 0.15) is 0 Å². The summed E-state index contributed by atoms with van der Waals surface area (Å²) in [6, 6.07) is 128. The number of nitrogens with zero attached hydrogens (tertiary/aromatic N) is 12. The van der Waals surface area contributed by atoms with Gasteiger partial charge < -0.3 is 0 Å². The number of hydrogen-bond acceptors (Lipinski definition) is 12. The molecule has 0 saturated heterocycles. The van der Waals surface area contributed by atoms with Crippen LogP contribution >= 0.6 is 0 Å². The summed E-state index contributed by atoms with van der Waals surface area (Å²) in [6.45, 7) is 32.1. The Kier molecular flexibility index (Phi) is 26.9. The van der Waals surface area contributed by atoms with Gasteiger partial charge in [0, 0.05) is 66.8 Å². The average molecular weight is 1700 g/mol. The number of hydrogen-bond donors (Lipinski definition) is 0. The van der Waals surface area contributed by atoms with Gasteiger partial charge >= 0.3 is 0 Å². The third-order valence-corrected chi connectivity index (χ3v) is 23.0. The molecule has 19 rings (SSSR count). The Labute approximate surface area is 770 Å². The molecule has 0 spiro atoms. The SMILES string of the molecule is Cc1ccc(-c2ccc(-c3nc(-c4ccc(-c5ccc(C)cc5)cc4)nc(-c4ccc(-c5ccc(C(C)(C)C)cc5)cc4)n3)cc2)cc1.Cc1ccc(-c2nc(-c3ccc(C)cc3)nc(-c3ccc(C(C)(C)C)cc3)n2)cc1.Cc1ccc(-c2nc(-c3ccc(C)cc3)nc(-c3ccc(C)cc3)n2)cc1.Cc1ccc(-c2nc(-c3ccccc3)nc(-c3ccc(C)cc3)n2)cc1. The second-order valence-electron chi connectivity index (χ2n) is 35.8. The third kappa shape index (κ3) is 22.7. The fraction of sp³-hybridized carbons (Fsp3) is 0.143. The second-order valence-corrected chi connectivity index (χ2v) is 35.8. The molecule has 0 bridgehead atoms. The maximum atomic E-state index is 5.01. The first kappa shape index (κ1) is 88.8. The minimum atomic E-state index is 0.109. The monoisotopic (exact) mass is 1700 g/mol. The van der Waals surface area contributed by atoms with Crippen LogP contribution in [0.3, 0.4) is 0 Å². The molecular weight excluding hydrogens is 1600 g/mol. The van der Waals surface area contributed by atoms with E-state index in [1.165, 1.54) is 77.9 Å². The molecule has 131 heavy (non-hydrogen) atoms. The standard InChI is InChI=1S/C45H39N3.C27H27N3.C24H21N3.C23H19N3/c1-30-6-10-32(11-7-30)34-14-20-38(21-15-34)42-46-43(39-22-16-35(17-23-39)33-12-8-31(2)9-13-33)48-44(47-42)40-24-18-36(19-25-40)37-26-28-41(29-27-37)45(3,4)5;1-18-6-10-20(11-7-18)24-28-25(21-12-8-19(2)9-13-21)30-26(29-24)22-14-16-23(17-15-22)27(3,4)5;1-16-4-10-19(11-5-16)22-25-23(20-12-6-17(2)7-13-20)27-24(26-22)21-14-8-18(3)9-15-21;1-16-8-12-19(13-9-16)22-24-21(18-6-4-3-5-7-18)25-23(26-22)20-14-10-17(2)11-15-20/h6-29H,1-5H3;6-17H,1-5H3;4-15H,1-3H3;3-15H,1-2H3. The summed E-state index contributed by atoms with van der Waals surface area (Å²) in [5.41, 5.74) is 32.6. The van der Waals surface area contributed by atoms with Gasteiger partial charge in [0.2, 0.25) is 0 Å². The van der Waals surface area contributed by atoms with E-state index in [1.807, 2.05) is 30.3 Å². The molecule has 0 atom stereocenters. The highest BCUT2D eigenvalue weighted by Crippen LogP contribution is 2.36. The maximum Gasteiger partial charge on any atom is 0.164 e.